The Morgan fingerprint density at radius 3 is 2.40 bits per heavy atom. The largest absolute Gasteiger partial charge is 0.497 e. The van der Waals surface area contributed by atoms with Crippen LogP contribution in [0.3, 0.4) is 0 Å². The fourth-order valence-corrected chi connectivity index (χ4v) is 3.52. The Morgan fingerprint density at radius 2 is 1.73 bits per heavy atom. The Kier molecular flexibility index (Phi) is 6.81. The van der Waals surface area contributed by atoms with Gasteiger partial charge in [-0.15, -0.1) is 0 Å². The Labute approximate surface area is 175 Å². The molecule has 0 spiro atoms. The summed E-state index contributed by atoms with van der Waals surface area (Å²) < 4.78 is 33.2. The first kappa shape index (κ1) is 21.5. The second-order valence-corrected chi connectivity index (χ2v) is 8.31. The topological polar surface area (TPSA) is 90.3 Å². The standard InChI is InChI=1S/C22H23N3O4S/c1-17-3-5-18(6-4-17)13-16-30(27,28)23-14-15-25-22(26)12-11-21(24-25)19-7-9-20(29-2)10-8-19/h3-13,16,23H,14-15H2,1-2H3/b16-13+. The minimum Gasteiger partial charge on any atom is -0.497 e. The van der Waals surface area contributed by atoms with Crippen LogP contribution in [0.1, 0.15) is 11.1 Å². The molecular weight excluding hydrogens is 402 g/mol. The van der Waals surface area contributed by atoms with E-state index in [-0.39, 0.29) is 18.6 Å². The van der Waals surface area contributed by atoms with Gasteiger partial charge in [0, 0.05) is 23.6 Å². The van der Waals surface area contributed by atoms with Crippen molar-refractivity contribution in [1.29, 1.82) is 0 Å². The third-order valence-corrected chi connectivity index (χ3v) is 5.50. The SMILES string of the molecule is COc1ccc(-c2ccc(=O)n(CCNS(=O)(=O)/C=C/c3ccc(C)cc3)n2)cc1. The van der Waals surface area contributed by atoms with Gasteiger partial charge in [0.05, 0.1) is 19.3 Å². The minimum atomic E-state index is -3.63. The van der Waals surface area contributed by atoms with Gasteiger partial charge in [0.15, 0.2) is 0 Å². The highest BCUT2D eigenvalue weighted by atomic mass is 32.2. The van der Waals surface area contributed by atoms with Crippen LogP contribution in [-0.4, -0.2) is 31.9 Å². The Hall–Kier alpha value is -3.23. The number of ether oxygens (including phenoxy) is 1. The molecule has 1 aromatic heterocycles. The molecule has 0 aliphatic rings. The van der Waals surface area contributed by atoms with Crippen LogP contribution in [0.2, 0.25) is 0 Å². The minimum absolute atomic E-state index is 0.0412. The molecule has 7 nitrogen and oxygen atoms in total. The van der Waals surface area contributed by atoms with E-state index < -0.39 is 10.0 Å². The van der Waals surface area contributed by atoms with Gasteiger partial charge in [-0.25, -0.2) is 17.8 Å². The molecular formula is C22H23N3O4S. The number of nitrogens with one attached hydrogen (secondary N) is 1. The second kappa shape index (κ2) is 9.51. The quantitative estimate of drug-likeness (QED) is 0.599. The number of sulfonamides is 1. The predicted molar refractivity (Wildman–Crippen MR) is 118 cm³/mol. The fourth-order valence-electron chi connectivity index (χ4n) is 2.71. The summed E-state index contributed by atoms with van der Waals surface area (Å²) in [7, 11) is -2.04. The molecule has 0 atom stereocenters. The number of nitrogens with zero attached hydrogens (tertiary/aromatic N) is 2. The van der Waals surface area contributed by atoms with Crippen LogP contribution in [0, 0.1) is 6.92 Å². The number of methoxy groups -OCH3 is 1. The van der Waals surface area contributed by atoms with Gasteiger partial charge in [0.1, 0.15) is 5.75 Å². The van der Waals surface area contributed by atoms with Gasteiger partial charge in [-0.05, 0) is 48.9 Å². The van der Waals surface area contributed by atoms with Crippen molar-refractivity contribution in [2.75, 3.05) is 13.7 Å². The number of aromatic nitrogens is 2. The highest BCUT2D eigenvalue weighted by molar-refractivity contribution is 7.92. The van der Waals surface area contributed by atoms with Crippen molar-refractivity contribution in [3.8, 4) is 17.0 Å². The molecule has 0 bridgehead atoms. The van der Waals surface area contributed by atoms with Crippen LogP contribution in [0.4, 0.5) is 0 Å². The second-order valence-electron chi connectivity index (χ2n) is 6.66. The first-order chi connectivity index (χ1) is 14.4. The third-order valence-electron chi connectivity index (χ3n) is 4.40. The number of benzene rings is 2. The Bertz CT molecular complexity index is 1180. The zero-order valence-electron chi connectivity index (χ0n) is 16.8. The molecule has 0 saturated carbocycles. The van der Waals surface area contributed by atoms with Gasteiger partial charge < -0.3 is 4.74 Å². The lowest BCUT2D eigenvalue weighted by Gasteiger charge is -2.08. The molecule has 3 rings (SSSR count). The first-order valence-corrected chi connectivity index (χ1v) is 10.9. The number of hydrogen-bond donors (Lipinski definition) is 1. The molecule has 0 aliphatic carbocycles. The monoisotopic (exact) mass is 425 g/mol. The lowest BCUT2D eigenvalue weighted by molar-refractivity contribution is 0.415. The highest BCUT2D eigenvalue weighted by Gasteiger charge is 2.07. The summed E-state index contributed by atoms with van der Waals surface area (Å²) in [5.41, 5.74) is 3.02. The molecule has 0 saturated heterocycles. The first-order valence-electron chi connectivity index (χ1n) is 9.33. The molecule has 1 heterocycles. The molecule has 1 N–H and O–H groups in total. The Balaban J connectivity index is 1.64. The molecule has 156 valence electrons. The van der Waals surface area contributed by atoms with Crippen LogP contribution in [0.5, 0.6) is 5.75 Å². The predicted octanol–water partition coefficient (Wildman–Crippen LogP) is 2.82. The zero-order chi connectivity index (χ0) is 21.6. The maximum Gasteiger partial charge on any atom is 0.266 e. The number of aryl methyl sites for hydroxylation is 1. The smallest absolute Gasteiger partial charge is 0.266 e. The molecule has 0 fully saturated rings. The normalized spacial score (nSPS) is 11.7. The molecule has 0 unspecified atom stereocenters. The number of hydrogen-bond acceptors (Lipinski definition) is 5. The van der Waals surface area contributed by atoms with E-state index in [1.165, 1.54) is 16.8 Å². The maximum absolute atomic E-state index is 12.2. The van der Waals surface area contributed by atoms with E-state index in [0.29, 0.717) is 5.69 Å². The average molecular weight is 426 g/mol. The van der Waals surface area contributed by atoms with E-state index in [1.807, 2.05) is 43.3 Å². The van der Waals surface area contributed by atoms with E-state index in [4.69, 9.17) is 4.74 Å². The van der Waals surface area contributed by atoms with Gasteiger partial charge in [0.25, 0.3) is 5.56 Å². The van der Waals surface area contributed by atoms with Crippen molar-refractivity contribution in [2.45, 2.75) is 13.5 Å². The average Bonchev–Trinajstić information content (AvgIpc) is 2.75. The summed E-state index contributed by atoms with van der Waals surface area (Å²) in [5.74, 6) is 0.722. The van der Waals surface area contributed by atoms with Crippen molar-refractivity contribution in [2.24, 2.45) is 0 Å². The van der Waals surface area contributed by atoms with E-state index in [9.17, 15) is 13.2 Å². The van der Waals surface area contributed by atoms with Crippen LogP contribution in [-0.2, 0) is 16.6 Å². The molecule has 8 heteroatoms. The van der Waals surface area contributed by atoms with Crippen LogP contribution >= 0.6 is 0 Å². The van der Waals surface area contributed by atoms with Crippen molar-refractivity contribution in [3.05, 3.63) is 87.6 Å². The van der Waals surface area contributed by atoms with Crippen molar-refractivity contribution in [3.63, 3.8) is 0 Å². The molecule has 0 amide bonds. The van der Waals surface area contributed by atoms with Gasteiger partial charge >= 0.3 is 0 Å². The summed E-state index contributed by atoms with van der Waals surface area (Å²) in [4.78, 5) is 12.1. The Morgan fingerprint density at radius 1 is 1.03 bits per heavy atom. The number of rotatable bonds is 8. The molecule has 2 aromatic carbocycles. The molecule has 0 radical (unpaired) electrons. The van der Waals surface area contributed by atoms with E-state index in [0.717, 1.165) is 27.8 Å². The molecule has 0 aliphatic heterocycles. The lowest BCUT2D eigenvalue weighted by Crippen LogP contribution is -2.31. The summed E-state index contributed by atoms with van der Waals surface area (Å²) in [6.45, 7) is 2.12. The summed E-state index contributed by atoms with van der Waals surface area (Å²) in [6.07, 6.45) is 1.52. The van der Waals surface area contributed by atoms with E-state index >= 15 is 0 Å². The van der Waals surface area contributed by atoms with E-state index in [1.54, 1.807) is 25.3 Å². The van der Waals surface area contributed by atoms with Gasteiger partial charge in [-0.1, -0.05) is 29.8 Å². The van der Waals surface area contributed by atoms with Gasteiger partial charge in [-0.2, -0.15) is 5.10 Å². The summed E-state index contributed by atoms with van der Waals surface area (Å²) in [5, 5.41) is 5.44. The maximum atomic E-state index is 12.2. The summed E-state index contributed by atoms with van der Waals surface area (Å²) >= 11 is 0. The van der Waals surface area contributed by atoms with Crippen LogP contribution in [0.15, 0.2) is 70.9 Å². The zero-order valence-corrected chi connectivity index (χ0v) is 17.6. The lowest BCUT2D eigenvalue weighted by atomic mass is 10.1. The molecule has 3 aromatic rings. The van der Waals surface area contributed by atoms with E-state index in [2.05, 4.69) is 9.82 Å². The fraction of sp³-hybridized carbons (Fsp3) is 0.182. The third kappa shape index (κ3) is 5.88. The highest BCUT2D eigenvalue weighted by Crippen LogP contribution is 2.19. The van der Waals surface area contributed by atoms with Gasteiger partial charge in [0.2, 0.25) is 10.0 Å². The van der Waals surface area contributed by atoms with Crippen molar-refractivity contribution >= 4 is 16.1 Å². The van der Waals surface area contributed by atoms with Crippen molar-refractivity contribution < 1.29 is 13.2 Å². The molecule has 30 heavy (non-hydrogen) atoms. The van der Waals surface area contributed by atoms with Gasteiger partial charge in [-0.3, -0.25) is 4.79 Å². The van der Waals surface area contributed by atoms with Crippen molar-refractivity contribution in [1.82, 2.24) is 14.5 Å². The summed E-state index contributed by atoms with van der Waals surface area (Å²) in [6, 6.07) is 17.9. The van der Waals surface area contributed by atoms with Crippen LogP contribution in [0.25, 0.3) is 17.3 Å². The van der Waals surface area contributed by atoms with Crippen LogP contribution < -0.4 is 15.0 Å².